The first-order valence-corrected chi connectivity index (χ1v) is 6.89. The van der Waals surface area contributed by atoms with Crippen LogP contribution in [0.4, 0.5) is 4.39 Å². The summed E-state index contributed by atoms with van der Waals surface area (Å²) in [7, 11) is 0. The van der Waals surface area contributed by atoms with Crippen molar-refractivity contribution in [3.05, 3.63) is 47.8 Å². The van der Waals surface area contributed by atoms with Crippen LogP contribution >= 0.6 is 12.4 Å². The number of hydrogen-bond acceptors (Lipinski definition) is 4. The Morgan fingerprint density at radius 2 is 1.82 bits per heavy atom. The Labute approximate surface area is 136 Å². The van der Waals surface area contributed by atoms with Gasteiger partial charge in [-0.15, -0.1) is 12.4 Å². The average molecular weight is 332 g/mol. The molecule has 124 valence electrons. The van der Waals surface area contributed by atoms with E-state index in [1.807, 2.05) is 6.08 Å². The predicted octanol–water partition coefficient (Wildman–Crippen LogP) is 2.64. The summed E-state index contributed by atoms with van der Waals surface area (Å²) in [6.45, 7) is 2.12. The summed E-state index contributed by atoms with van der Waals surface area (Å²) in [5.74, 6) is -0.259. The topological polar surface area (TPSA) is 80.4 Å². The number of aliphatic hydroxyl groups excluding tert-OH is 1. The number of unbranched alkanes of at least 4 members (excludes halogenated alkanes) is 1. The van der Waals surface area contributed by atoms with Gasteiger partial charge in [0.1, 0.15) is 5.82 Å². The van der Waals surface area contributed by atoms with Crippen molar-refractivity contribution in [2.45, 2.75) is 44.8 Å². The number of hydrogen-bond donors (Lipinski definition) is 2. The van der Waals surface area contributed by atoms with E-state index >= 15 is 0 Å². The molecule has 0 saturated carbocycles. The van der Waals surface area contributed by atoms with Crippen LogP contribution in [0.2, 0.25) is 0 Å². The van der Waals surface area contributed by atoms with Gasteiger partial charge in [0, 0.05) is 12.5 Å². The molecule has 4 nitrogen and oxygen atoms in total. The molecule has 0 fully saturated rings. The normalized spacial score (nSPS) is 12.5. The molecule has 2 atom stereocenters. The van der Waals surface area contributed by atoms with Crippen molar-refractivity contribution < 1.29 is 19.1 Å². The molecule has 22 heavy (non-hydrogen) atoms. The highest BCUT2D eigenvalue weighted by Gasteiger charge is 2.03. The van der Waals surface area contributed by atoms with Crippen LogP contribution in [0.5, 0.6) is 0 Å². The lowest BCUT2D eigenvalue weighted by molar-refractivity contribution is -0.191. The molecule has 1 aromatic carbocycles. The second kappa shape index (κ2) is 14.4. The third-order valence-electron chi connectivity index (χ3n) is 2.83. The van der Waals surface area contributed by atoms with E-state index in [4.69, 9.17) is 15.3 Å². The molecule has 0 aliphatic rings. The predicted molar refractivity (Wildman–Crippen MR) is 85.0 cm³/mol. The first-order chi connectivity index (χ1) is 10.0. The maximum absolute atomic E-state index is 12.7. The number of rotatable bonds is 7. The van der Waals surface area contributed by atoms with Gasteiger partial charge in [-0.3, -0.25) is 0 Å². The number of benzene rings is 1. The summed E-state index contributed by atoms with van der Waals surface area (Å²) in [4.78, 5) is 16.2. The van der Waals surface area contributed by atoms with E-state index in [0.717, 1.165) is 24.8 Å². The van der Waals surface area contributed by atoms with E-state index in [9.17, 15) is 9.50 Å². The first-order valence-electron chi connectivity index (χ1n) is 6.89. The van der Waals surface area contributed by atoms with E-state index in [1.54, 1.807) is 18.2 Å². The van der Waals surface area contributed by atoms with Gasteiger partial charge < -0.3 is 10.8 Å². The van der Waals surface area contributed by atoms with Crippen LogP contribution in [-0.2, 0) is 16.0 Å². The van der Waals surface area contributed by atoms with Crippen molar-refractivity contribution in [2.75, 3.05) is 0 Å². The van der Waals surface area contributed by atoms with Crippen LogP contribution in [0, 0.1) is 5.82 Å². The highest BCUT2D eigenvalue weighted by molar-refractivity contribution is 5.85. The molecule has 0 amide bonds. The van der Waals surface area contributed by atoms with E-state index in [1.165, 1.54) is 12.1 Å². The van der Waals surface area contributed by atoms with Gasteiger partial charge in [-0.05, 0) is 24.1 Å². The molecule has 0 spiro atoms. The smallest absolute Gasteiger partial charge is 0.373 e. The van der Waals surface area contributed by atoms with E-state index in [-0.39, 0.29) is 30.4 Å². The molecular formula is C16H23ClFNO3. The Bertz CT molecular complexity index is 445. The zero-order valence-corrected chi connectivity index (χ0v) is 13.4. The van der Waals surface area contributed by atoms with Gasteiger partial charge in [0.05, 0.1) is 6.10 Å². The summed E-state index contributed by atoms with van der Waals surface area (Å²) in [5, 5.41) is 9.81. The second-order valence-electron chi connectivity index (χ2n) is 4.67. The molecule has 1 aromatic rings. The van der Waals surface area contributed by atoms with E-state index in [2.05, 4.69) is 6.92 Å². The maximum atomic E-state index is 12.7. The fourth-order valence-corrected chi connectivity index (χ4v) is 1.74. The van der Waals surface area contributed by atoms with Gasteiger partial charge >= 0.3 is 6.15 Å². The molecule has 1 rings (SSSR count). The maximum Gasteiger partial charge on any atom is 0.373 e. The first kappa shape index (κ1) is 22.8. The SMILES string of the molecule is CCCC[C@@H](N)/C=C/[C@@H](O)Cc1ccc(F)cc1.Cl.O=C=O. The molecule has 0 radical (unpaired) electrons. The molecule has 0 saturated heterocycles. The molecule has 0 bridgehead atoms. The standard InChI is InChI=1S/C15H22FNO.CO2.ClH/c1-2-3-4-14(17)9-10-15(18)11-12-5-7-13(16)8-6-12;2-1-3;/h5-10,14-15,18H,2-4,11,17H2,1H3;;1H/b10-9+;;/t14-,15-;;/m1../s1. The monoisotopic (exact) mass is 331 g/mol. The van der Waals surface area contributed by atoms with Crippen LogP contribution < -0.4 is 5.73 Å². The van der Waals surface area contributed by atoms with Gasteiger partial charge in [0.25, 0.3) is 0 Å². The van der Waals surface area contributed by atoms with Crippen LogP contribution in [0.15, 0.2) is 36.4 Å². The zero-order chi connectivity index (χ0) is 16.1. The van der Waals surface area contributed by atoms with Crippen molar-refractivity contribution in [2.24, 2.45) is 5.73 Å². The largest absolute Gasteiger partial charge is 0.389 e. The summed E-state index contributed by atoms with van der Waals surface area (Å²) in [5.41, 5.74) is 6.79. The summed E-state index contributed by atoms with van der Waals surface area (Å²) >= 11 is 0. The van der Waals surface area contributed by atoms with Gasteiger partial charge in [0.15, 0.2) is 0 Å². The highest BCUT2D eigenvalue weighted by atomic mass is 35.5. The molecular weight excluding hydrogens is 309 g/mol. The van der Waals surface area contributed by atoms with Crippen LogP contribution in [0.1, 0.15) is 31.7 Å². The lowest BCUT2D eigenvalue weighted by atomic mass is 10.1. The number of aliphatic hydroxyl groups is 1. The molecule has 6 heteroatoms. The molecule has 0 aliphatic carbocycles. The zero-order valence-electron chi connectivity index (χ0n) is 12.6. The van der Waals surface area contributed by atoms with Crippen LogP contribution in [0.25, 0.3) is 0 Å². The lowest BCUT2D eigenvalue weighted by Crippen LogP contribution is -2.18. The fraction of sp³-hybridized carbons (Fsp3) is 0.438. The van der Waals surface area contributed by atoms with Gasteiger partial charge in [0.2, 0.25) is 0 Å². The van der Waals surface area contributed by atoms with E-state index < -0.39 is 6.10 Å². The van der Waals surface area contributed by atoms with Crippen molar-refractivity contribution in [1.29, 1.82) is 0 Å². The second-order valence-corrected chi connectivity index (χ2v) is 4.67. The Balaban J connectivity index is 0. The van der Waals surface area contributed by atoms with E-state index in [0.29, 0.717) is 6.42 Å². The lowest BCUT2D eigenvalue weighted by Gasteiger charge is -2.08. The number of nitrogens with two attached hydrogens (primary N) is 1. The van der Waals surface area contributed by atoms with Crippen molar-refractivity contribution >= 4 is 18.6 Å². The van der Waals surface area contributed by atoms with Crippen LogP contribution in [-0.4, -0.2) is 23.4 Å². The minimum atomic E-state index is -0.567. The van der Waals surface area contributed by atoms with Crippen molar-refractivity contribution in [1.82, 2.24) is 0 Å². The number of halogens is 2. The third-order valence-corrected chi connectivity index (χ3v) is 2.83. The number of carbonyl (C=O) groups excluding carboxylic acids is 2. The molecule has 0 unspecified atom stereocenters. The third kappa shape index (κ3) is 12.2. The summed E-state index contributed by atoms with van der Waals surface area (Å²) in [6.07, 6.45) is 6.91. The highest BCUT2D eigenvalue weighted by Crippen LogP contribution is 2.07. The molecule has 0 aliphatic heterocycles. The van der Waals surface area contributed by atoms with Crippen LogP contribution in [0.3, 0.4) is 0 Å². The van der Waals surface area contributed by atoms with Gasteiger partial charge in [-0.25, -0.2) is 4.39 Å². The molecule has 0 heterocycles. The fourth-order valence-electron chi connectivity index (χ4n) is 1.74. The van der Waals surface area contributed by atoms with Gasteiger partial charge in [-0.2, -0.15) is 9.59 Å². The quantitative estimate of drug-likeness (QED) is 0.753. The molecule has 3 N–H and O–H groups in total. The van der Waals surface area contributed by atoms with Gasteiger partial charge in [-0.1, -0.05) is 44.1 Å². The van der Waals surface area contributed by atoms with Crippen molar-refractivity contribution in [3.8, 4) is 0 Å². The average Bonchev–Trinajstić information content (AvgIpc) is 2.46. The Kier molecular flexibility index (Phi) is 14.9. The summed E-state index contributed by atoms with van der Waals surface area (Å²) < 4.78 is 12.7. The Morgan fingerprint density at radius 1 is 1.27 bits per heavy atom. The Hall–Kier alpha value is -1.52. The minimum Gasteiger partial charge on any atom is -0.389 e. The van der Waals surface area contributed by atoms with Crippen molar-refractivity contribution in [3.63, 3.8) is 0 Å². The minimum absolute atomic E-state index is 0. The Morgan fingerprint density at radius 3 is 2.32 bits per heavy atom. The molecule has 0 aromatic heterocycles. The summed E-state index contributed by atoms with van der Waals surface area (Å²) in [6, 6.07) is 6.18.